The van der Waals surface area contributed by atoms with Crippen molar-refractivity contribution in [3.05, 3.63) is 77.3 Å². The summed E-state index contributed by atoms with van der Waals surface area (Å²) in [6.45, 7) is 2.03. The second-order valence-electron chi connectivity index (χ2n) is 5.93. The zero-order chi connectivity index (χ0) is 18.4. The number of amides is 2. The van der Waals surface area contributed by atoms with Crippen molar-refractivity contribution in [2.75, 3.05) is 10.6 Å². The molecule has 0 spiro atoms. The van der Waals surface area contributed by atoms with Crippen LogP contribution in [0.5, 0.6) is 0 Å². The van der Waals surface area contributed by atoms with Gasteiger partial charge in [0.1, 0.15) is 0 Å². The lowest BCUT2D eigenvalue weighted by atomic mass is 9.97. The molecule has 0 saturated heterocycles. The molecule has 1 atom stereocenters. The van der Waals surface area contributed by atoms with Crippen molar-refractivity contribution >= 4 is 34.0 Å². The van der Waals surface area contributed by atoms with Crippen LogP contribution in [0.3, 0.4) is 0 Å². The molecule has 1 heterocycles. The summed E-state index contributed by atoms with van der Waals surface area (Å²) in [5.41, 5.74) is 2.31. The number of aromatic nitrogens is 1. The zero-order valence-corrected chi connectivity index (χ0v) is 15.1. The van der Waals surface area contributed by atoms with Crippen LogP contribution in [-0.4, -0.2) is 16.8 Å². The Bertz CT molecular complexity index is 862. The first-order valence-corrected chi connectivity index (χ1v) is 9.15. The summed E-state index contributed by atoms with van der Waals surface area (Å²) in [5, 5.41) is 7.95. The molecule has 2 N–H and O–H groups in total. The van der Waals surface area contributed by atoms with Gasteiger partial charge in [-0.2, -0.15) is 0 Å². The lowest BCUT2D eigenvalue weighted by molar-refractivity contribution is -0.116. The molecule has 0 aliphatic heterocycles. The first-order chi connectivity index (χ1) is 12.6. The van der Waals surface area contributed by atoms with Gasteiger partial charge in [0.25, 0.3) is 5.91 Å². The lowest BCUT2D eigenvalue weighted by Crippen LogP contribution is -2.15. The van der Waals surface area contributed by atoms with Gasteiger partial charge in [-0.05, 0) is 35.7 Å². The predicted octanol–water partition coefficient (Wildman–Crippen LogP) is 4.53. The molecule has 0 aliphatic rings. The fraction of sp³-hybridized carbons (Fsp3) is 0.150. The molecule has 26 heavy (non-hydrogen) atoms. The Labute approximate surface area is 156 Å². The molecule has 0 radical (unpaired) electrons. The Hall–Kier alpha value is -2.99. The Kier molecular flexibility index (Phi) is 5.76. The normalized spacial score (nSPS) is 11.6. The van der Waals surface area contributed by atoms with Gasteiger partial charge < -0.3 is 5.32 Å². The number of nitrogens with one attached hydrogen (secondary N) is 2. The van der Waals surface area contributed by atoms with Crippen molar-refractivity contribution in [1.82, 2.24) is 4.98 Å². The second-order valence-corrected chi connectivity index (χ2v) is 6.83. The largest absolute Gasteiger partial charge is 0.326 e. The van der Waals surface area contributed by atoms with Crippen LogP contribution in [0.4, 0.5) is 10.8 Å². The van der Waals surface area contributed by atoms with E-state index >= 15 is 0 Å². The highest BCUT2D eigenvalue weighted by atomic mass is 32.1. The van der Waals surface area contributed by atoms with Crippen LogP contribution in [0.1, 0.15) is 35.2 Å². The van der Waals surface area contributed by atoms with E-state index in [-0.39, 0.29) is 17.7 Å². The summed E-state index contributed by atoms with van der Waals surface area (Å²) in [5.74, 6) is -0.142. The number of hydrogen-bond acceptors (Lipinski definition) is 4. The SMILES string of the molecule is CC(CC(=O)Nc1ccc(C(=O)Nc2nccs2)cc1)c1ccccc1. The van der Waals surface area contributed by atoms with Gasteiger partial charge in [-0.1, -0.05) is 37.3 Å². The van der Waals surface area contributed by atoms with E-state index in [4.69, 9.17) is 0 Å². The van der Waals surface area contributed by atoms with E-state index in [1.165, 1.54) is 11.3 Å². The first-order valence-electron chi connectivity index (χ1n) is 8.27. The minimum absolute atomic E-state index is 0.0543. The summed E-state index contributed by atoms with van der Waals surface area (Å²) in [7, 11) is 0. The summed E-state index contributed by atoms with van der Waals surface area (Å²) in [4.78, 5) is 28.4. The van der Waals surface area contributed by atoms with Gasteiger partial charge in [0.2, 0.25) is 5.91 Å². The summed E-state index contributed by atoms with van der Waals surface area (Å²) >= 11 is 1.36. The third kappa shape index (κ3) is 4.77. The molecule has 0 bridgehead atoms. The van der Waals surface area contributed by atoms with Crippen molar-refractivity contribution in [2.45, 2.75) is 19.3 Å². The van der Waals surface area contributed by atoms with Crippen LogP contribution < -0.4 is 10.6 Å². The maximum absolute atomic E-state index is 12.2. The fourth-order valence-corrected chi connectivity index (χ4v) is 3.07. The van der Waals surface area contributed by atoms with E-state index in [1.807, 2.05) is 37.3 Å². The van der Waals surface area contributed by atoms with E-state index in [0.29, 0.717) is 22.8 Å². The number of carbonyl (C=O) groups excluding carboxylic acids is 2. The van der Waals surface area contributed by atoms with Gasteiger partial charge in [0.15, 0.2) is 5.13 Å². The average Bonchev–Trinajstić information content (AvgIpc) is 3.16. The molecular weight excluding hydrogens is 346 g/mol. The second kappa shape index (κ2) is 8.40. The topological polar surface area (TPSA) is 71.1 Å². The number of rotatable bonds is 6. The molecule has 5 nitrogen and oxygen atoms in total. The maximum Gasteiger partial charge on any atom is 0.257 e. The van der Waals surface area contributed by atoms with E-state index in [1.54, 1.807) is 35.8 Å². The summed E-state index contributed by atoms with van der Waals surface area (Å²) < 4.78 is 0. The van der Waals surface area contributed by atoms with Crippen molar-refractivity contribution in [2.24, 2.45) is 0 Å². The number of benzene rings is 2. The van der Waals surface area contributed by atoms with Crippen LogP contribution in [-0.2, 0) is 4.79 Å². The molecule has 3 rings (SSSR count). The smallest absolute Gasteiger partial charge is 0.257 e. The molecule has 0 saturated carbocycles. The van der Waals surface area contributed by atoms with Crippen LogP contribution >= 0.6 is 11.3 Å². The highest BCUT2D eigenvalue weighted by molar-refractivity contribution is 7.13. The molecule has 0 aliphatic carbocycles. The standard InChI is InChI=1S/C20H19N3O2S/c1-14(15-5-3-2-4-6-15)13-18(24)22-17-9-7-16(8-10-17)19(25)23-20-21-11-12-26-20/h2-12,14H,13H2,1H3,(H,22,24)(H,21,23,25). The van der Waals surface area contributed by atoms with Crippen LogP contribution in [0, 0.1) is 0 Å². The number of nitrogens with zero attached hydrogens (tertiary/aromatic N) is 1. The van der Waals surface area contributed by atoms with Crippen molar-refractivity contribution in [3.63, 3.8) is 0 Å². The monoisotopic (exact) mass is 365 g/mol. The Morgan fingerprint density at radius 1 is 1.04 bits per heavy atom. The van der Waals surface area contributed by atoms with Gasteiger partial charge in [-0.3, -0.25) is 14.9 Å². The van der Waals surface area contributed by atoms with Gasteiger partial charge in [-0.25, -0.2) is 4.98 Å². The predicted molar refractivity (Wildman–Crippen MR) is 105 cm³/mol. The molecule has 2 aromatic carbocycles. The van der Waals surface area contributed by atoms with Crippen molar-refractivity contribution < 1.29 is 9.59 Å². The molecule has 1 aromatic heterocycles. The Morgan fingerprint density at radius 3 is 2.42 bits per heavy atom. The van der Waals surface area contributed by atoms with Gasteiger partial charge in [-0.15, -0.1) is 11.3 Å². The van der Waals surface area contributed by atoms with Crippen molar-refractivity contribution in [1.29, 1.82) is 0 Å². The minimum atomic E-state index is -0.226. The van der Waals surface area contributed by atoms with Crippen LogP contribution in [0.2, 0.25) is 0 Å². The third-order valence-corrected chi connectivity index (χ3v) is 4.63. The molecule has 3 aromatic rings. The lowest BCUT2D eigenvalue weighted by Gasteiger charge is -2.12. The minimum Gasteiger partial charge on any atom is -0.326 e. The number of hydrogen-bond donors (Lipinski definition) is 2. The van der Waals surface area contributed by atoms with Gasteiger partial charge in [0, 0.05) is 29.2 Å². The van der Waals surface area contributed by atoms with E-state index in [0.717, 1.165) is 5.56 Å². The highest BCUT2D eigenvalue weighted by Crippen LogP contribution is 2.20. The van der Waals surface area contributed by atoms with Crippen LogP contribution in [0.15, 0.2) is 66.2 Å². The summed E-state index contributed by atoms with van der Waals surface area (Å²) in [6.07, 6.45) is 2.03. The van der Waals surface area contributed by atoms with E-state index in [9.17, 15) is 9.59 Å². The molecule has 132 valence electrons. The van der Waals surface area contributed by atoms with Gasteiger partial charge >= 0.3 is 0 Å². The van der Waals surface area contributed by atoms with E-state index in [2.05, 4.69) is 15.6 Å². The highest BCUT2D eigenvalue weighted by Gasteiger charge is 2.12. The molecular formula is C20H19N3O2S. The number of carbonyl (C=O) groups is 2. The Morgan fingerprint density at radius 2 is 1.77 bits per heavy atom. The third-order valence-electron chi connectivity index (χ3n) is 3.94. The molecule has 6 heteroatoms. The van der Waals surface area contributed by atoms with Crippen LogP contribution in [0.25, 0.3) is 0 Å². The average molecular weight is 365 g/mol. The zero-order valence-electron chi connectivity index (χ0n) is 14.3. The van der Waals surface area contributed by atoms with Crippen molar-refractivity contribution in [3.8, 4) is 0 Å². The van der Waals surface area contributed by atoms with Gasteiger partial charge in [0.05, 0.1) is 0 Å². The Balaban J connectivity index is 1.55. The fourth-order valence-electron chi connectivity index (χ4n) is 2.55. The number of thiazole rings is 1. The molecule has 0 fully saturated rings. The number of anilines is 2. The quantitative estimate of drug-likeness (QED) is 0.674. The maximum atomic E-state index is 12.2. The molecule has 1 unspecified atom stereocenters. The molecule has 2 amide bonds. The first kappa shape index (κ1) is 17.8. The van der Waals surface area contributed by atoms with E-state index < -0.39 is 0 Å². The summed E-state index contributed by atoms with van der Waals surface area (Å²) in [6, 6.07) is 16.8.